The van der Waals surface area contributed by atoms with Crippen LogP contribution >= 0.6 is 0 Å². The van der Waals surface area contributed by atoms with Gasteiger partial charge < -0.3 is 15.7 Å². The fourth-order valence-corrected chi connectivity index (χ4v) is 1.96. The fourth-order valence-electron chi connectivity index (χ4n) is 1.96. The van der Waals surface area contributed by atoms with E-state index in [2.05, 4.69) is 25.8 Å². The van der Waals surface area contributed by atoms with Crippen LogP contribution in [0.2, 0.25) is 0 Å². The smallest absolute Gasteiger partial charge is 0.0824 e. The minimum atomic E-state index is -0.624. The fraction of sp³-hybridized carbons (Fsp3) is 1.00. The van der Waals surface area contributed by atoms with Crippen LogP contribution in [0.4, 0.5) is 0 Å². The summed E-state index contributed by atoms with van der Waals surface area (Å²) >= 11 is 0. The molecular formula is C10H22N2O. The van der Waals surface area contributed by atoms with Crippen LogP contribution in [-0.4, -0.2) is 41.8 Å². The topological polar surface area (TPSA) is 49.5 Å². The number of aliphatic hydroxyl groups is 1. The van der Waals surface area contributed by atoms with Crippen molar-refractivity contribution in [2.24, 2.45) is 11.7 Å². The highest BCUT2D eigenvalue weighted by molar-refractivity contribution is 4.94. The largest absolute Gasteiger partial charge is 0.388 e. The molecule has 0 saturated carbocycles. The molecular weight excluding hydrogens is 164 g/mol. The van der Waals surface area contributed by atoms with Gasteiger partial charge in [0.25, 0.3) is 0 Å². The standard InChI is InChI=1S/C10H22N2O/c1-8(2)9(11)10(13)4-6-12(3)7-5-10/h8-9,13H,4-7,11H2,1-3H3. The SMILES string of the molecule is CC(C)C(N)C1(O)CCN(C)CC1. The van der Waals surface area contributed by atoms with Crippen LogP contribution in [0.5, 0.6) is 0 Å². The van der Waals surface area contributed by atoms with Gasteiger partial charge in [0.1, 0.15) is 0 Å². The Hall–Kier alpha value is -0.120. The van der Waals surface area contributed by atoms with Gasteiger partial charge >= 0.3 is 0 Å². The Morgan fingerprint density at radius 3 is 2.15 bits per heavy atom. The molecule has 1 saturated heterocycles. The molecule has 0 bridgehead atoms. The van der Waals surface area contributed by atoms with E-state index in [1.165, 1.54) is 0 Å². The predicted octanol–water partition coefficient (Wildman–Crippen LogP) is 0.426. The molecule has 3 heteroatoms. The van der Waals surface area contributed by atoms with Gasteiger partial charge in [-0.2, -0.15) is 0 Å². The van der Waals surface area contributed by atoms with Gasteiger partial charge in [-0.25, -0.2) is 0 Å². The van der Waals surface area contributed by atoms with Crippen molar-refractivity contribution in [1.29, 1.82) is 0 Å². The summed E-state index contributed by atoms with van der Waals surface area (Å²) in [6.45, 7) is 6.05. The molecule has 0 amide bonds. The van der Waals surface area contributed by atoms with Crippen LogP contribution in [0.25, 0.3) is 0 Å². The summed E-state index contributed by atoms with van der Waals surface area (Å²) in [6, 6.07) is -0.0822. The van der Waals surface area contributed by atoms with Crippen LogP contribution in [0.15, 0.2) is 0 Å². The molecule has 1 rings (SSSR count). The summed E-state index contributed by atoms with van der Waals surface area (Å²) in [5.41, 5.74) is 5.38. The normalized spacial score (nSPS) is 26.3. The van der Waals surface area contributed by atoms with Crippen LogP contribution in [0.1, 0.15) is 26.7 Å². The Balaban J connectivity index is 2.56. The van der Waals surface area contributed by atoms with Gasteiger partial charge in [0.15, 0.2) is 0 Å². The van der Waals surface area contributed by atoms with Gasteiger partial charge in [0.2, 0.25) is 0 Å². The van der Waals surface area contributed by atoms with Gasteiger partial charge in [-0.1, -0.05) is 13.8 Å². The molecule has 0 spiro atoms. The Kier molecular flexibility index (Phi) is 3.33. The van der Waals surface area contributed by atoms with Crippen LogP contribution in [0, 0.1) is 5.92 Å². The van der Waals surface area contributed by atoms with Crippen molar-refractivity contribution in [3.8, 4) is 0 Å². The van der Waals surface area contributed by atoms with Crippen LogP contribution in [0.3, 0.4) is 0 Å². The molecule has 3 nitrogen and oxygen atoms in total. The number of likely N-dealkylation sites (tertiary alicyclic amines) is 1. The van der Waals surface area contributed by atoms with E-state index < -0.39 is 5.60 Å². The zero-order chi connectivity index (χ0) is 10.1. The zero-order valence-electron chi connectivity index (χ0n) is 8.95. The van der Waals surface area contributed by atoms with E-state index in [1.54, 1.807) is 0 Å². The number of hydrogen-bond donors (Lipinski definition) is 2. The van der Waals surface area contributed by atoms with Gasteiger partial charge in [-0.05, 0) is 25.8 Å². The highest BCUT2D eigenvalue weighted by atomic mass is 16.3. The third-order valence-electron chi connectivity index (χ3n) is 3.19. The Morgan fingerprint density at radius 1 is 1.31 bits per heavy atom. The first-order valence-corrected chi connectivity index (χ1v) is 5.12. The first-order valence-electron chi connectivity index (χ1n) is 5.12. The summed E-state index contributed by atoms with van der Waals surface area (Å²) in [4.78, 5) is 2.24. The van der Waals surface area contributed by atoms with E-state index in [1.807, 2.05) is 0 Å². The van der Waals surface area contributed by atoms with Crippen molar-refractivity contribution in [2.45, 2.75) is 38.3 Å². The molecule has 0 aromatic carbocycles. The number of rotatable bonds is 2. The monoisotopic (exact) mass is 186 g/mol. The van der Waals surface area contributed by atoms with E-state index in [0.29, 0.717) is 5.92 Å². The molecule has 1 aliphatic heterocycles. The number of nitrogens with two attached hydrogens (primary N) is 1. The number of nitrogens with zero attached hydrogens (tertiary/aromatic N) is 1. The summed E-state index contributed by atoms with van der Waals surface area (Å²) < 4.78 is 0. The highest BCUT2D eigenvalue weighted by Gasteiger charge is 2.38. The van der Waals surface area contributed by atoms with Crippen molar-refractivity contribution < 1.29 is 5.11 Å². The van der Waals surface area contributed by atoms with E-state index in [9.17, 15) is 5.11 Å². The Morgan fingerprint density at radius 2 is 1.77 bits per heavy atom. The summed E-state index contributed by atoms with van der Waals surface area (Å²) in [6.07, 6.45) is 1.62. The molecule has 0 aromatic heterocycles. The Labute approximate surface area is 80.9 Å². The van der Waals surface area contributed by atoms with E-state index in [-0.39, 0.29) is 6.04 Å². The van der Waals surface area contributed by atoms with Crippen molar-refractivity contribution in [3.05, 3.63) is 0 Å². The lowest BCUT2D eigenvalue weighted by atomic mass is 9.80. The van der Waals surface area contributed by atoms with Crippen LogP contribution < -0.4 is 5.73 Å². The summed E-state index contributed by atoms with van der Waals surface area (Å²) in [7, 11) is 2.08. The lowest BCUT2D eigenvalue weighted by molar-refractivity contribution is -0.0467. The maximum atomic E-state index is 10.3. The van der Waals surface area contributed by atoms with Crippen molar-refractivity contribution in [3.63, 3.8) is 0 Å². The number of piperidine rings is 1. The molecule has 0 aromatic rings. The number of hydrogen-bond acceptors (Lipinski definition) is 3. The van der Waals surface area contributed by atoms with Crippen molar-refractivity contribution in [1.82, 2.24) is 4.90 Å². The predicted molar refractivity (Wildman–Crippen MR) is 54.5 cm³/mol. The Bertz CT molecular complexity index is 162. The second kappa shape index (κ2) is 3.95. The lowest BCUT2D eigenvalue weighted by Gasteiger charge is -2.42. The maximum Gasteiger partial charge on any atom is 0.0824 e. The van der Waals surface area contributed by atoms with Crippen LogP contribution in [-0.2, 0) is 0 Å². The molecule has 3 N–H and O–H groups in total. The van der Waals surface area contributed by atoms with E-state index in [0.717, 1.165) is 25.9 Å². The first kappa shape index (κ1) is 11.0. The van der Waals surface area contributed by atoms with Gasteiger partial charge in [-0.3, -0.25) is 0 Å². The lowest BCUT2D eigenvalue weighted by Crippen LogP contribution is -2.56. The second-order valence-corrected chi connectivity index (χ2v) is 4.68. The minimum absolute atomic E-state index is 0.0822. The van der Waals surface area contributed by atoms with Crippen molar-refractivity contribution >= 4 is 0 Å². The summed E-state index contributed by atoms with van der Waals surface area (Å²) in [5.74, 6) is 0.355. The molecule has 1 heterocycles. The molecule has 1 unspecified atom stereocenters. The average Bonchev–Trinajstić information content (AvgIpc) is 2.09. The third-order valence-corrected chi connectivity index (χ3v) is 3.19. The molecule has 1 atom stereocenters. The van der Waals surface area contributed by atoms with Gasteiger partial charge in [0.05, 0.1) is 5.60 Å². The zero-order valence-corrected chi connectivity index (χ0v) is 8.95. The molecule has 0 radical (unpaired) electrons. The molecule has 78 valence electrons. The summed E-state index contributed by atoms with van der Waals surface area (Å²) in [5, 5.41) is 10.3. The maximum absolute atomic E-state index is 10.3. The molecule has 0 aliphatic carbocycles. The quantitative estimate of drug-likeness (QED) is 0.657. The molecule has 13 heavy (non-hydrogen) atoms. The van der Waals surface area contributed by atoms with E-state index in [4.69, 9.17) is 5.73 Å². The minimum Gasteiger partial charge on any atom is -0.388 e. The van der Waals surface area contributed by atoms with Gasteiger partial charge in [0, 0.05) is 19.1 Å². The van der Waals surface area contributed by atoms with E-state index >= 15 is 0 Å². The molecule has 1 aliphatic rings. The van der Waals surface area contributed by atoms with Crippen molar-refractivity contribution in [2.75, 3.05) is 20.1 Å². The first-order chi connectivity index (χ1) is 5.96. The highest BCUT2D eigenvalue weighted by Crippen LogP contribution is 2.27. The molecule has 1 fully saturated rings. The average molecular weight is 186 g/mol. The second-order valence-electron chi connectivity index (χ2n) is 4.68. The third kappa shape index (κ3) is 2.42. The van der Waals surface area contributed by atoms with Gasteiger partial charge in [-0.15, -0.1) is 0 Å².